The number of rotatable bonds is 5. The van der Waals surface area contributed by atoms with Crippen molar-refractivity contribution in [1.29, 1.82) is 0 Å². The van der Waals surface area contributed by atoms with Crippen molar-refractivity contribution in [2.75, 3.05) is 6.61 Å². The maximum atomic E-state index is 9.27. The second-order valence-electron chi connectivity index (χ2n) is 6.60. The van der Waals surface area contributed by atoms with Crippen molar-refractivity contribution in [1.82, 2.24) is 4.98 Å². The number of phenolic OH excluding ortho intramolecular Hbond substituents is 1. The summed E-state index contributed by atoms with van der Waals surface area (Å²) in [6.45, 7) is 6.86. The number of aromatic nitrogens is 1. The summed E-state index contributed by atoms with van der Waals surface area (Å²) < 4.78 is 5.76. The Kier molecular flexibility index (Phi) is 5.03. The first-order valence-corrected chi connectivity index (χ1v) is 7.46. The van der Waals surface area contributed by atoms with Gasteiger partial charge in [0.15, 0.2) is 0 Å². The monoisotopic (exact) mass is 300 g/mol. The number of pyridine rings is 1. The van der Waals surface area contributed by atoms with E-state index < -0.39 is 0 Å². The van der Waals surface area contributed by atoms with Gasteiger partial charge in [-0.05, 0) is 41.2 Å². The van der Waals surface area contributed by atoms with Gasteiger partial charge in [0.2, 0.25) is 0 Å². The van der Waals surface area contributed by atoms with Crippen LogP contribution in [0, 0.1) is 0 Å². The first-order chi connectivity index (χ1) is 10.3. The Morgan fingerprint density at radius 3 is 2.50 bits per heavy atom. The zero-order valence-corrected chi connectivity index (χ0v) is 13.4. The number of hydrogen-bond donors (Lipinski definition) is 2. The molecule has 1 aromatic carbocycles. The zero-order valence-electron chi connectivity index (χ0n) is 13.4. The SMILES string of the molecule is CC(C)(C)c1cncc(OC[C@@H](N)Cc2ccc(O)cc2)c1. The largest absolute Gasteiger partial charge is 0.508 e. The van der Waals surface area contributed by atoms with Crippen LogP contribution in [0.25, 0.3) is 0 Å². The summed E-state index contributed by atoms with van der Waals surface area (Å²) in [7, 11) is 0. The highest BCUT2D eigenvalue weighted by Crippen LogP contribution is 2.24. The van der Waals surface area contributed by atoms with E-state index in [1.807, 2.05) is 24.4 Å². The lowest BCUT2D eigenvalue weighted by Crippen LogP contribution is -2.30. The molecule has 0 spiro atoms. The highest BCUT2D eigenvalue weighted by Gasteiger charge is 2.15. The van der Waals surface area contributed by atoms with Crippen LogP contribution in [-0.2, 0) is 11.8 Å². The topological polar surface area (TPSA) is 68.4 Å². The summed E-state index contributed by atoms with van der Waals surface area (Å²) in [6.07, 6.45) is 4.28. The molecule has 0 fully saturated rings. The number of benzene rings is 1. The molecule has 1 aromatic heterocycles. The van der Waals surface area contributed by atoms with Crippen LogP contribution in [0.5, 0.6) is 11.5 Å². The molecule has 0 saturated carbocycles. The average Bonchev–Trinajstić information content (AvgIpc) is 2.47. The van der Waals surface area contributed by atoms with E-state index >= 15 is 0 Å². The Bertz CT molecular complexity index is 603. The Morgan fingerprint density at radius 1 is 1.18 bits per heavy atom. The van der Waals surface area contributed by atoms with E-state index in [4.69, 9.17) is 10.5 Å². The molecule has 0 amide bonds. The van der Waals surface area contributed by atoms with Crippen molar-refractivity contribution in [2.24, 2.45) is 5.73 Å². The highest BCUT2D eigenvalue weighted by atomic mass is 16.5. The van der Waals surface area contributed by atoms with Crippen molar-refractivity contribution in [2.45, 2.75) is 38.6 Å². The van der Waals surface area contributed by atoms with Crippen molar-refractivity contribution in [3.8, 4) is 11.5 Å². The highest BCUT2D eigenvalue weighted by molar-refractivity contribution is 5.29. The summed E-state index contributed by atoms with van der Waals surface area (Å²) >= 11 is 0. The zero-order chi connectivity index (χ0) is 16.2. The molecule has 2 aromatic rings. The minimum absolute atomic E-state index is 0.0422. The van der Waals surface area contributed by atoms with Gasteiger partial charge < -0.3 is 15.6 Å². The van der Waals surface area contributed by atoms with Crippen molar-refractivity contribution in [3.63, 3.8) is 0 Å². The quantitative estimate of drug-likeness (QED) is 0.890. The Balaban J connectivity index is 1.91. The van der Waals surface area contributed by atoms with Crippen LogP contribution in [0.1, 0.15) is 31.9 Å². The molecule has 3 N–H and O–H groups in total. The van der Waals surface area contributed by atoms with Gasteiger partial charge in [-0.3, -0.25) is 4.98 Å². The number of phenols is 1. The lowest BCUT2D eigenvalue weighted by Gasteiger charge is -2.19. The first-order valence-electron chi connectivity index (χ1n) is 7.46. The lowest BCUT2D eigenvalue weighted by atomic mass is 9.88. The van der Waals surface area contributed by atoms with E-state index in [9.17, 15) is 5.11 Å². The molecule has 4 nitrogen and oxygen atoms in total. The summed E-state index contributed by atoms with van der Waals surface area (Å²) in [5, 5.41) is 9.27. The average molecular weight is 300 g/mol. The van der Waals surface area contributed by atoms with Gasteiger partial charge >= 0.3 is 0 Å². The number of ether oxygens (including phenoxy) is 1. The molecular weight excluding hydrogens is 276 g/mol. The number of nitrogens with zero attached hydrogens (tertiary/aromatic N) is 1. The minimum atomic E-state index is -0.108. The lowest BCUT2D eigenvalue weighted by molar-refractivity contribution is 0.286. The number of nitrogens with two attached hydrogens (primary N) is 1. The predicted molar refractivity (Wildman–Crippen MR) is 88.2 cm³/mol. The van der Waals surface area contributed by atoms with Gasteiger partial charge in [-0.1, -0.05) is 32.9 Å². The van der Waals surface area contributed by atoms with Gasteiger partial charge in [0.1, 0.15) is 18.1 Å². The van der Waals surface area contributed by atoms with Gasteiger partial charge in [-0.15, -0.1) is 0 Å². The second kappa shape index (κ2) is 6.79. The maximum Gasteiger partial charge on any atom is 0.137 e. The maximum absolute atomic E-state index is 9.27. The fraction of sp³-hybridized carbons (Fsp3) is 0.389. The molecule has 0 aliphatic rings. The molecule has 0 unspecified atom stereocenters. The van der Waals surface area contributed by atoms with Gasteiger partial charge in [-0.2, -0.15) is 0 Å². The third-order valence-corrected chi connectivity index (χ3v) is 3.48. The molecule has 1 atom stereocenters. The van der Waals surface area contributed by atoms with Crippen LogP contribution in [0.4, 0.5) is 0 Å². The molecule has 0 aliphatic carbocycles. The molecule has 118 valence electrons. The van der Waals surface area contributed by atoms with Crippen LogP contribution < -0.4 is 10.5 Å². The normalized spacial score (nSPS) is 12.9. The Labute approximate surface area is 132 Å². The number of hydrogen-bond acceptors (Lipinski definition) is 4. The van der Waals surface area contributed by atoms with Crippen LogP contribution in [0.15, 0.2) is 42.7 Å². The van der Waals surface area contributed by atoms with Crippen molar-refractivity contribution < 1.29 is 9.84 Å². The van der Waals surface area contributed by atoms with E-state index in [1.54, 1.807) is 18.3 Å². The number of aromatic hydroxyl groups is 1. The fourth-order valence-electron chi connectivity index (χ4n) is 2.10. The summed E-state index contributed by atoms with van der Waals surface area (Å²) in [6, 6.07) is 8.98. The molecule has 1 heterocycles. The van der Waals surface area contributed by atoms with Gasteiger partial charge in [0.25, 0.3) is 0 Å². The van der Waals surface area contributed by atoms with Crippen LogP contribution in [0.3, 0.4) is 0 Å². The van der Waals surface area contributed by atoms with Crippen LogP contribution >= 0.6 is 0 Å². The Morgan fingerprint density at radius 2 is 1.86 bits per heavy atom. The molecule has 0 saturated heterocycles. The third-order valence-electron chi connectivity index (χ3n) is 3.48. The van der Waals surface area contributed by atoms with E-state index in [-0.39, 0.29) is 17.2 Å². The standard InChI is InChI=1S/C18H24N2O2/c1-18(2,3)14-9-17(11-20-10-14)22-12-15(19)8-13-4-6-16(21)7-5-13/h4-7,9-11,15,21H,8,12,19H2,1-3H3/t15-/m0/s1. The molecule has 2 rings (SSSR count). The molecule has 22 heavy (non-hydrogen) atoms. The first kappa shape index (κ1) is 16.3. The van der Waals surface area contributed by atoms with Gasteiger partial charge in [0, 0.05) is 12.2 Å². The van der Waals surface area contributed by atoms with Gasteiger partial charge in [0.05, 0.1) is 6.20 Å². The minimum Gasteiger partial charge on any atom is -0.508 e. The van der Waals surface area contributed by atoms with E-state index in [0.29, 0.717) is 13.0 Å². The molecule has 0 radical (unpaired) electrons. The van der Waals surface area contributed by atoms with Crippen LogP contribution in [0.2, 0.25) is 0 Å². The Hall–Kier alpha value is -2.07. The molecule has 0 bridgehead atoms. The summed E-state index contributed by atoms with van der Waals surface area (Å²) in [5.74, 6) is 1.01. The second-order valence-corrected chi connectivity index (χ2v) is 6.60. The van der Waals surface area contributed by atoms with Crippen molar-refractivity contribution in [3.05, 3.63) is 53.9 Å². The van der Waals surface area contributed by atoms with E-state index in [2.05, 4.69) is 25.8 Å². The fourth-order valence-corrected chi connectivity index (χ4v) is 2.10. The molecule has 0 aliphatic heterocycles. The van der Waals surface area contributed by atoms with Gasteiger partial charge in [-0.25, -0.2) is 0 Å². The molecule has 4 heteroatoms. The third kappa shape index (κ3) is 4.74. The van der Waals surface area contributed by atoms with E-state index in [0.717, 1.165) is 16.9 Å². The summed E-state index contributed by atoms with van der Waals surface area (Å²) in [4.78, 5) is 4.23. The molecular formula is C18H24N2O2. The smallest absolute Gasteiger partial charge is 0.137 e. The van der Waals surface area contributed by atoms with Crippen LogP contribution in [-0.4, -0.2) is 22.7 Å². The predicted octanol–water partition coefficient (Wildman–Crippen LogP) is 3.03. The summed E-state index contributed by atoms with van der Waals surface area (Å²) in [5.41, 5.74) is 8.37. The van der Waals surface area contributed by atoms with E-state index in [1.165, 1.54) is 0 Å². The van der Waals surface area contributed by atoms with Crippen molar-refractivity contribution >= 4 is 0 Å².